The molecule has 1 aromatic carbocycles. The molecule has 0 radical (unpaired) electrons. The lowest BCUT2D eigenvalue weighted by atomic mass is 10.1. The zero-order chi connectivity index (χ0) is 8.77. The summed E-state index contributed by atoms with van der Waals surface area (Å²) < 4.78 is 0. The molecule has 12 heavy (non-hydrogen) atoms. The lowest BCUT2D eigenvalue weighted by Gasteiger charge is -2.01. The van der Waals surface area contributed by atoms with E-state index in [4.69, 9.17) is 16.7 Å². The van der Waals surface area contributed by atoms with Crippen LogP contribution in [0.3, 0.4) is 0 Å². The highest BCUT2D eigenvalue weighted by Gasteiger charge is 2.49. The van der Waals surface area contributed by atoms with Gasteiger partial charge in [0, 0.05) is 10.8 Å². The predicted octanol–water partition coefficient (Wildman–Crippen LogP) is 2.88. The predicted molar refractivity (Wildman–Crippen MR) is 49.7 cm³/mol. The van der Waals surface area contributed by atoms with Crippen molar-refractivity contribution in [2.75, 3.05) is 0 Å². The van der Waals surface area contributed by atoms with Crippen LogP contribution in [-0.2, 0) is 0 Å². The Hall–Kier alpha value is -0.690. The number of hydrogen-bond acceptors (Lipinski definition) is 1. The van der Waals surface area contributed by atoms with E-state index in [2.05, 4.69) is 0 Å². The standard InChI is InChI=1S/C10H11ClO/c1-10(11)6-9(10)7-2-4-8(12)5-3-7/h2-5,9,12H,6H2,1H3. The zero-order valence-corrected chi connectivity index (χ0v) is 7.67. The first-order chi connectivity index (χ1) is 5.59. The van der Waals surface area contributed by atoms with E-state index < -0.39 is 0 Å². The van der Waals surface area contributed by atoms with Gasteiger partial charge in [-0.2, -0.15) is 0 Å². The Morgan fingerprint density at radius 1 is 1.42 bits per heavy atom. The van der Waals surface area contributed by atoms with Gasteiger partial charge in [0.15, 0.2) is 0 Å². The van der Waals surface area contributed by atoms with Crippen LogP contribution in [0.4, 0.5) is 0 Å². The fraction of sp³-hybridized carbons (Fsp3) is 0.400. The summed E-state index contributed by atoms with van der Waals surface area (Å²) in [4.78, 5) is -0.0447. The van der Waals surface area contributed by atoms with Crippen molar-refractivity contribution in [1.82, 2.24) is 0 Å². The molecule has 0 aliphatic heterocycles. The Balaban J connectivity index is 2.21. The molecule has 0 saturated heterocycles. The molecule has 1 aliphatic rings. The molecule has 1 aliphatic carbocycles. The number of aromatic hydroxyl groups is 1. The highest BCUT2D eigenvalue weighted by molar-refractivity contribution is 6.26. The molecule has 0 bridgehead atoms. The number of benzene rings is 1. The average molecular weight is 183 g/mol. The largest absolute Gasteiger partial charge is 0.508 e. The minimum atomic E-state index is -0.0447. The van der Waals surface area contributed by atoms with Gasteiger partial charge in [-0.3, -0.25) is 0 Å². The molecule has 0 heterocycles. The van der Waals surface area contributed by atoms with E-state index >= 15 is 0 Å². The van der Waals surface area contributed by atoms with Crippen LogP contribution >= 0.6 is 11.6 Å². The van der Waals surface area contributed by atoms with Crippen molar-refractivity contribution >= 4 is 11.6 Å². The van der Waals surface area contributed by atoms with Gasteiger partial charge in [0.05, 0.1) is 0 Å². The fourth-order valence-corrected chi connectivity index (χ4v) is 1.79. The van der Waals surface area contributed by atoms with Gasteiger partial charge < -0.3 is 5.11 Å². The first-order valence-electron chi connectivity index (χ1n) is 4.07. The van der Waals surface area contributed by atoms with Gasteiger partial charge in [0.25, 0.3) is 0 Å². The fourth-order valence-electron chi connectivity index (χ4n) is 1.51. The van der Waals surface area contributed by atoms with E-state index in [0.29, 0.717) is 11.7 Å². The van der Waals surface area contributed by atoms with Crippen LogP contribution in [0, 0.1) is 0 Å². The molecule has 64 valence electrons. The van der Waals surface area contributed by atoms with Crippen LogP contribution in [0.2, 0.25) is 0 Å². The molecular weight excluding hydrogens is 172 g/mol. The second kappa shape index (κ2) is 2.40. The highest BCUT2D eigenvalue weighted by atomic mass is 35.5. The Kier molecular flexibility index (Phi) is 1.58. The van der Waals surface area contributed by atoms with Crippen molar-refractivity contribution in [2.45, 2.75) is 24.1 Å². The monoisotopic (exact) mass is 182 g/mol. The van der Waals surface area contributed by atoms with Crippen molar-refractivity contribution < 1.29 is 5.11 Å². The summed E-state index contributed by atoms with van der Waals surface area (Å²) in [6.45, 7) is 2.05. The summed E-state index contributed by atoms with van der Waals surface area (Å²) in [6.07, 6.45) is 1.04. The molecule has 2 atom stereocenters. The van der Waals surface area contributed by atoms with E-state index in [-0.39, 0.29) is 4.87 Å². The summed E-state index contributed by atoms with van der Waals surface area (Å²) in [5.41, 5.74) is 1.23. The Morgan fingerprint density at radius 3 is 2.33 bits per heavy atom. The third kappa shape index (κ3) is 1.29. The Morgan fingerprint density at radius 2 is 1.92 bits per heavy atom. The number of phenolic OH excluding ortho intramolecular Hbond substituents is 1. The summed E-state index contributed by atoms with van der Waals surface area (Å²) in [6, 6.07) is 7.29. The minimum Gasteiger partial charge on any atom is -0.508 e. The molecule has 0 aromatic heterocycles. The molecule has 1 nitrogen and oxygen atoms in total. The molecule has 1 aromatic rings. The first-order valence-corrected chi connectivity index (χ1v) is 4.45. The summed E-state index contributed by atoms with van der Waals surface area (Å²) >= 11 is 6.12. The van der Waals surface area contributed by atoms with Gasteiger partial charge in [0.2, 0.25) is 0 Å². The molecule has 1 saturated carbocycles. The summed E-state index contributed by atoms with van der Waals surface area (Å²) in [5.74, 6) is 0.787. The third-order valence-corrected chi connectivity index (χ3v) is 2.88. The quantitative estimate of drug-likeness (QED) is 0.663. The van der Waals surface area contributed by atoms with Gasteiger partial charge >= 0.3 is 0 Å². The van der Waals surface area contributed by atoms with Crippen LogP contribution < -0.4 is 0 Å². The molecule has 1 fully saturated rings. The van der Waals surface area contributed by atoms with Gasteiger partial charge in [-0.15, -0.1) is 11.6 Å². The van der Waals surface area contributed by atoms with Crippen molar-refractivity contribution in [1.29, 1.82) is 0 Å². The van der Waals surface area contributed by atoms with Gasteiger partial charge in [-0.1, -0.05) is 12.1 Å². The van der Waals surface area contributed by atoms with Crippen LogP contribution in [0.25, 0.3) is 0 Å². The highest BCUT2D eigenvalue weighted by Crippen LogP contribution is 2.56. The number of phenols is 1. The van der Waals surface area contributed by atoms with Gasteiger partial charge in [0.1, 0.15) is 5.75 Å². The summed E-state index contributed by atoms with van der Waals surface area (Å²) in [5, 5.41) is 9.06. The van der Waals surface area contributed by atoms with E-state index in [1.54, 1.807) is 12.1 Å². The van der Waals surface area contributed by atoms with Crippen LogP contribution in [-0.4, -0.2) is 9.98 Å². The Labute approximate surface area is 77.0 Å². The Bertz CT molecular complexity index is 289. The number of rotatable bonds is 1. The first kappa shape index (κ1) is 7.93. The molecule has 0 amide bonds. The molecule has 2 rings (SSSR count). The smallest absolute Gasteiger partial charge is 0.115 e. The minimum absolute atomic E-state index is 0.0447. The molecule has 1 N–H and O–H groups in total. The lowest BCUT2D eigenvalue weighted by molar-refractivity contribution is 0.475. The maximum Gasteiger partial charge on any atom is 0.115 e. The van der Waals surface area contributed by atoms with Crippen LogP contribution in [0.1, 0.15) is 24.8 Å². The van der Waals surface area contributed by atoms with E-state index in [1.165, 1.54) is 5.56 Å². The maximum absolute atomic E-state index is 9.06. The van der Waals surface area contributed by atoms with E-state index in [1.807, 2.05) is 19.1 Å². The SMILES string of the molecule is CC1(Cl)CC1c1ccc(O)cc1. The maximum atomic E-state index is 9.06. The zero-order valence-electron chi connectivity index (χ0n) is 6.92. The number of alkyl halides is 1. The number of hydrogen-bond donors (Lipinski definition) is 1. The molecule has 2 unspecified atom stereocenters. The second-order valence-corrected chi connectivity index (χ2v) is 4.49. The second-order valence-electron chi connectivity index (χ2n) is 3.63. The van der Waals surface area contributed by atoms with E-state index in [0.717, 1.165) is 6.42 Å². The molecular formula is C10H11ClO. The van der Waals surface area contributed by atoms with Gasteiger partial charge in [-0.25, -0.2) is 0 Å². The average Bonchev–Trinajstić information content (AvgIpc) is 2.61. The van der Waals surface area contributed by atoms with Gasteiger partial charge in [-0.05, 0) is 31.0 Å². The van der Waals surface area contributed by atoms with Crippen molar-refractivity contribution in [3.63, 3.8) is 0 Å². The van der Waals surface area contributed by atoms with Crippen molar-refractivity contribution in [2.24, 2.45) is 0 Å². The molecule has 2 heteroatoms. The third-order valence-electron chi connectivity index (χ3n) is 2.47. The summed E-state index contributed by atoms with van der Waals surface area (Å²) in [7, 11) is 0. The van der Waals surface area contributed by atoms with Crippen LogP contribution in [0.5, 0.6) is 5.75 Å². The molecule has 0 spiro atoms. The topological polar surface area (TPSA) is 20.2 Å². The normalized spacial score (nSPS) is 33.3. The van der Waals surface area contributed by atoms with Crippen molar-refractivity contribution in [3.05, 3.63) is 29.8 Å². The van der Waals surface area contributed by atoms with Crippen molar-refractivity contribution in [3.8, 4) is 5.75 Å². The van der Waals surface area contributed by atoms with E-state index in [9.17, 15) is 0 Å². The van der Waals surface area contributed by atoms with Crippen LogP contribution in [0.15, 0.2) is 24.3 Å². The number of halogens is 1. The lowest BCUT2D eigenvalue weighted by Crippen LogP contribution is -1.92.